The zero-order valence-corrected chi connectivity index (χ0v) is 11.2. The van der Waals surface area contributed by atoms with E-state index in [4.69, 9.17) is 9.47 Å². The van der Waals surface area contributed by atoms with Crippen molar-refractivity contribution >= 4 is 23.1 Å². The fourth-order valence-corrected chi connectivity index (χ4v) is 0.490. The molecule has 0 saturated carbocycles. The first-order valence-electron chi connectivity index (χ1n) is 2.70. The molecule has 0 bridgehead atoms. The second kappa shape index (κ2) is 13.6. The second-order valence-corrected chi connectivity index (χ2v) is 1.53. The van der Waals surface area contributed by atoms with E-state index in [9.17, 15) is 0 Å². The van der Waals surface area contributed by atoms with Crippen molar-refractivity contribution in [3.63, 3.8) is 0 Å². The summed E-state index contributed by atoms with van der Waals surface area (Å²) in [7, 11) is 3.01. The topological polar surface area (TPSA) is 44.2 Å². The molecule has 1 rings (SSSR count). The van der Waals surface area contributed by atoms with Crippen LogP contribution in [-0.2, 0) is 0 Å². The van der Waals surface area contributed by atoms with Crippen molar-refractivity contribution in [2.75, 3.05) is 14.2 Å². The molecule has 0 unspecified atom stereocenters. The van der Waals surface area contributed by atoms with E-state index in [1.807, 2.05) is 0 Å². The first kappa shape index (κ1) is 24.0. The number of hydrogen-bond acceptors (Lipinski definition) is 4. The van der Waals surface area contributed by atoms with Gasteiger partial charge in [0.25, 0.3) is 0 Å². The molecule has 0 fully saturated rings. The van der Waals surface area contributed by atoms with Crippen LogP contribution in [0, 0.1) is 6.20 Å². The standard InChI is InChI=1S/C6H7N2O2.2ClH.Li.Mg/c1-9-5-3-4-7-6(8-5)10-2;;;;/h3H,1-2H3;2*1H;;/q-1;;;+1;+2/p-2. The van der Waals surface area contributed by atoms with Crippen LogP contribution >= 0.6 is 0 Å². The van der Waals surface area contributed by atoms with Gasteiger partial charge in [-0.3, -0.25) is 4.98 Å². The number of hydrogen-bond donors (Lipinski definition) is 0. The largest absolute Gasteiger partial charge is 2.00 e. The molecule has 0 N–H and O–H groups in total. The van der Waals surface area contributed by atoms with Crippen LogP contribution in [0.1, 0.15) is 0 Å². The summed E-state index contributed by atoms with van der Waals surface area (Å²) in [6.45, 7) is 0. The molecular weight excluding hydrogens is 234 g/mol. The number of aromatic nitrogens is 2. The van der Waals surface area contributed by atoms with Gasteiger partial charge in [-0.15, -0.1) is 0 Å². The van der Waals surface area contributed by atoms with E-state index in [-0.39, 0.29) is 72.7 Å². The normalized spacial score (nSPS) is 6.43. The van der Waals surface area contributed by atoms with Gasteiger partial charge in [-0.25, -0.2) is 0 Å². The smallest absolute Gasteiger partial charge is 1.00 e. The van der Waals surface area contributed by atoms with Gasteiger partial charge in [0.1, 0.15) is 5.88 Å². The molecule has 0 aromatic carbocycles. The Hall–Kier alpha value is 0.624. The maximum Gasteiger partial charge on any atom is 2.00 e. The third-order valence-corrected chi connectivity index (χ3v) is 0.946. The monoisotopic (exact) mass is 240 g/mol. The van der Waals surface area contributed by atoms with Crippen LogP contribution in [0.5, 0.6) is 11.9 Å². The molecule has 0 atom stereocenters. The summed E-state index contributed by atoms with van der Waals surface area (Å²) in [4.78, 5) is 7.49. The summed E-state index contributed by atoms with van der Waals surface area (Å²) in [5.74, 6) is 0.451. The van der Waals surface area contributed by atoms with E-state index < -0.39 is 0 Å². The van der Waals surface area contributed by atoms with Crippen LogP contribution in [0.2, 0.25) is 0 Å². The van der Waals surface area contributed by atoms with E-state index in [2.05, 4.69) is 16.2 Å². The van der Waals surface area contributed by atoms with Crippen molar-refractivity contribution in [2.24, 2.45) is 0 Å². The number of methoxy groups -OCH3 is 2. The predicted octanol–water partition coefficient (Wildman–Crippen LogP) is -9.07. The third-order valence-electron chi connectivity index (χ3n) is 0.946. The van der Waals surface area contributed by atoms with Crippen LogP contribution in [0.25, 0.3) is 0 Å². The Labute approximate surface area is 124 Å². The Balaban J connectivity index is -0.000000125. The molecule has 0 amide bonds. The van der Waals surface area contributed by atoms with Crippen LogP contribution < -0.4 is 53.1 Å². The molecule has 4 nitrogen and oxygen atoms in total. The minimum Gasteiger partial charge on any atom is -1.00 e. The zero-order valence-electron chi connectivity index (χ0n) is 8.25. The Morgan fingerprint density at radius 3 is 2.21 bits per heavy atom. The fourth-order valence-electron chi connectivity index (χ4n) is 0.490. The number of halogens is 2. The van der Waals surface area contributed by atoms with Gasteiger partial charge in [-0.2, -0.15) is 0 Å². The van der Waals surface area contributed by atoms with Crippen molar-refractivity contribution in [2.45, 2.75) is 0 Å². The van der Waals surface area contributed by atoms with Gasteiger partial charge in [0.15, 0.2) is 6.01 Å². The molecule has 1 heterocycles. The summed E-state index contributed by atoms with van der Waals surface area (Å²) in [6, 6.07) is 1.79. The second-order valence-electron chi connectivity index (χ2n) is 1.53. The van der Waals surface area contributed by atoms with Gasteiger partial charge < -0.3 is 39.3 Å². The van der Waals surface area contributed by atoms with Crippen LogP contribution in [0.15, 0.2) is 6.07 Å². The molecule has 1 aromatic rings. The van der Waals surface area contributed by atoms with Crippen LogP contribution in [-0.4, -0.2) is 47.2 Å². The van der Waals surface area contributed by atoms with E-state index in [0.717, 1.165) is 0 Å². The van der Waals surface area contributed by atoms with Crippen molar-refractivity contribution < 1.29 is 53.1 Å². The summed E-state index contributed by atoms with van der Waals surface area (Å²) < 4.78 is 9.52. The van der Waals surface area contributed by atoms with Gasteiger partial charge in [-0.1, -0.05) is 12.3 Å². The molecule has 0 radical (unpaired) electrons. The molecule has 0 spiro atoms. The SMILES string of the molecule is COc1c[c-]nc(OC)n1.[Cl-].[Cl-].[Li+].[Mg+2]. The molecule has 14 heavy (non-hydrogen) atoms. The number of rotatable bonds is 2. The minimum atomic E-state index is 0. The minimum absolute atomic E-state index is 0. The summed E-state index contributed by atoms with van der Waals surface area (Å²) in [6.07, 6.45) is 2.57. The summed E-state index contributed by atoms with van der Waals surface area (Å²) in [5.41, 5.74) is 0. The molecule has 0 aliphatic heterocycles. The molecule has 1 aromatic heterocycles. The van der Waals surface area contributed by atoms with Crippen LogP contribution in [0.4, 0.5) is 0 Å². The van der Waals surface area contributed by atoms with Crippen molar-refractivity contribution in [3.8, 4) is 11.9 Å². The van der Waals surface area contributed by atoms with E-state index in [0.29, 0.717) is 5.88 Å². The Bertz CT molecular complexity index is 213. The van der Waals surface area contributed by atoms with Gasteiger partial charge in [-0.05, 0) is 0 Å². The molecule has 0 aliphatic rings. The summed E-state index contributed by atoms with van der Waals surface area (Å²) >= 11 is 0. The van der Waals surface area contributed by atoms with Gasteiger partial charge >= 0.3 is 41.9 Å². The zero-order chi connectivity index (χ0) is 7.40. The first-order valence-corrected chi connectivity index (χ1v) is 2.70. The van der Waals surface area contributed by atoms with E-state index >= 15 is 0 Å². The summed E-state index contributed by atoms with van der Waals surface area (Å²) in [5, 5.41) is 0. The van der Waals surface area contributed by atoms with Crippen molar-refractivity contribution in [3.05, 3.63) is 12.3 Å². The third kappa shape index (κ3) is 7.98. The maximum absolute atomic E-state index is 4.79. The van der Waals surface area contributed by atoms with Crippen LogP contribution in [0.3, 0.4) is 0 Å². The average molecular weight is 241 g/mol. The fraction of sp³-hybridized carbons (Fsp3) is 0.333. The van der Waals surface area contributed by atoms with Gasteiger partial charge in [0.2, 0.25) is 0 Å². The van der Waals surface area contributed by atoms with Crippen molar-refractivity contribution in [1.29, 1.82) is 0 Å². The Morgan fingerprint density at radius 2 is 1.79 bits per heavy atom. The van der Waals surface area contributed by atoms with E-state index in [1.165, 1.54) is 20.3 Å². The van der Waals surface area contributed by atoms with Crippen molar-refractivity contribution in [1.82, 2.24) is 9.97 Å². The first-order chi connectivity index (χ1) is 4.86. The quantitative estimate of drug-likeness (QED) is 0.381. The van der Waals surface area contributed by atoms with E-state index in [1.54, 1.807) is 0 Å². The van der Waals surface area contributed by atoms with Gasteiger partial charge in [0.05, 0.1) is 14.2 Å². The molecule has 0 saturated heterocycles. The Morgan fingerprint density at radius 1 is 1.21 bits per heavy atom. The maximum atomic E-state index is 4.79. The number of nitrogens with zero attached hydrogens (tertiary/aromatic N) is 2. The molecule has 70 valence electrons. The molecular formula is C6H7Cl2LiMgN2O2. The predicted molar refractivity (Wildman–Crippen MR) is 39.7 cm³/mol. The average Bonchev–Trinajstić information content (AvgIpc) is 2.05. The van der Waals surface area contributed by atoms with Gasteiger partial charge in [0, 0.05) is 0 Å². The molecule has 8 heteroatoms. The number of ether oxygens (including phenoxy) is 2. The molecule has 0 aliphatic carbocycles. The Kier molecular flexibility index (Phi) is 23.4.